The summed E-state index contributed by atoms with van der Waals surface area (Å²) < 4.78 is 5.44. The summed E-state index contributed by atoms with van der Waals surface area (Å²) in [6, 6.07) is 0.362. The van der Waals surface area contributed by atoms with Crippen LogP contribution in [0.1, 0.15) is 58.3 Å². The molecule has 2 fully saturated rings. The molecule has 0 unspecified atom stereocenters. The Morgan fingerprint density at radius 2 is 1.94 bits per heavy atom. The molecule has 0 aromatic carbocycles. The van der Waals surface area contributed by atoms with Crippen LogP contribution >= 0.6 is 11.6 Å². The van der Waals surface area contributed by atoms with Gasteiger partial charge in [-0.3, -0.25) is 4.90 Å². The van der Waals surface area contributed by atoms with E-state index in [1.54, 1.807) is 0 Å². The summed E-state index contributed by atoms with van der Waals surface area (Å²) in [6.07, 6.45) is 14.4. The lowest BCUT2D eigenvalue weighted by atomic mass is 9.71. The van der Waals surface area contributed by atoms with Crippen LogP contribution in [0.15, 0.2) is 61.2 Å². The minimum Gasteiger partial charge on any atom is -0.462 e. The zero-order valence-corrected chi connectivity index (χ0v) is 20.4. The Labute approximate surface area is 199 Å². The molecule has 1 saturated carbocycles. The molecular formula is C27H40ClNO3. The Morgan fingerprint density at radius 1 is 1.25 bits per heavy atom. The predicted octanol–water partition coefficient (Wildman–Crippen LogP) is 5.94. The number of nitrogens with zero attached hydrogens (tertiary/aromatic N) is 1. The second-order valence-corrected chi connectivity index (χ2v) is 9.71. The molecule has 0 aromatic rings. The molecule has 1 saturated heterocycles. The van der Waals surface area contributed by atoms with E-state index in [1.165, 1.54) is 31.4 Å². The number of carbonyl (C=O) groups is 1. The van der Waals surface area contributed by atoms with Gasteiger partial charge < -0.3 is 9.84 Å². The fraction of sp³-hybridized carbons (Fsp3) is 0.593. The van der Waals surface area contributed by atoms with E-state index in [9.17, 15) is 9.90 Å². The molecule has 5 heteroatoms. The molecule has 0 radical (unpaired) electrons. The van der Waals surface area contributed by atoms with E-state index >= 15 is 0 Å². The highest BCUT2D eigenvalue weighted by Gasteiger charge is 2.51. The van der Waals surface area contributed by atoms with E-state index in [0.717, 1.165) is 25.7 Å². The van der Waals surface area contributed by atoms with Crippen LogP contribution in [0, 0.1) is 11.8 Å². The van der Waals surface area contributed by atoms with Crippen molar-refractivity contribution in [1.82, 2.24) is 4.90 Å². The predicted molar refractivity (Wildman–Crippen MR) is 133 cm³/mol. The van der Waals surface area contributed by atoms with Crippen molar-refractivity contribution in [3.8, 4) is 0 Å². The second-order valence-electron chi connectivity index (χ2n) is 9.22. The van der Waals surface area contributed by atoms with E-state index in [2.05, 4.69) is 44.2 Å². The van der Waals surface area contributed by atoms with Crippen molar-refractivity contribution < 1.29 is 14.6 Å². The zero-order valence-electron chi connectivity index (χ0n) is 19.6. The summed E-state index contributed by atoms with van der Waals surface area (Å²) in [5.41, 5.74) is 0.554. The van der Waals surface area contributed by atoms with Gasteiger partial charge in [-0.1, -0.05) is 56.2 Å². The van der Waals surface area contributed by atoms with Gasteiger partial charge in [0.05, 0.1) is 12.7 Å². The number of hydrogen-bond acceptors (Lipinski definition) is 4. The average molecular weight is 462 g/mol. The number of aliphatic hydroxyl groups is 1. The van der Waals surface area contributed by atoms with Crippen molar-refractivity contribution in [1.29, 1.82) is 0 Å². The first kappa shape index (κ1) is 26.6. The van der Waals surface area contributed by atoms with Crippen LogP contribution in [0.2, 0.25) is 0 Å². The smallest absolute Gasteiger partial charge is 0.334 e. The molecule has 0 amide bonds. The standard InChI is InChI=1S/C27H40ClNO3/c1-6-11-23-12-9-15-27(16-10-13-25(27)20(4)7-2)29(23)19-21(5)26(31)32-17-14-22(28)18-24(30)8-3/h6-8,18,20,23-25,30H,1-3,5,9-17,19H2,4H3/b22-18-/t20-,23-,24+,25+,27+/m0/s1. The summed E-state index contributed by atoms with van der Waals surface area (Å²) in [4.78, 5) is 15.3. The average Bonchev–Trinajstić information content (AvgIpc) is 3.19. The number of likely N-dealkylation sites (tertiary alicyclic amines) is 1. The minimum atomic E-state index is -0.803. The number of esters is 1. The Hall–Kier alpha value is -1.62. The zero-order chi connectivity index (χ0) is 23.7. The molecule has 2 rings (SSSR count). The monoisotopic (exact) mass is 461 g/mol. The largest absolute Gasteiger partial charge is 0.462 e. The Morgan fingerprint density at radius 3 is 2.56 bits per heavy atom. The number of carbonyl (C=O) groups excluding carboxylic acids is 1. The first-order valence-corrected chi connectivity index (χ1v) is 12.2. The third-order valence-corrected chi connectivity index (χ3v) is 7.55. The van der Waals surface area contributed by atoms with Crippen molar-refractivity contribution in [3.63, 3.8) is 0 Å². The summed E-state index contributed by atoms with van der Waals surface area (Å²) in [5, 5.41) is 9.97. The number of ether oxygens (including phenoxy) is 1. The van der Waals surface area contributed by atoms with Crippen LogP contribution in [0.25, 0.3) is 0 Å². The fourth-order valence-electron chi connectivity index (χ4n) is 5.65. The highest BCUT2D eigenvalue weighted by atomic mass is 35.5. The molecular weight excluding hydrogens is 422 g/mol. The van der Waals surface area contributed by atoms with Gasteiger partial charge in [-0.15, -0.1) is 19.7 Å². The quantitative estimate of drug-likeness (QED) is 0.222. The number of halogens is 1. The van der Waals surface area contributed by atoms with E-state index in [1.807, 2.05) is 6.08 Å². The molecule has 1 aliphatic heterocycles. The van der Waals surface area contributed by atoms with Gasteiger partial charge in [-0.05, 0) is 50.0 Å². The van der Waals surface area contributed by atoms with Crippen LogP contribution in [-0.2, 0) is 9.53 Å². The molecule has 2 aliphatic rings. The highest BCUT2D eigenvalue weighted by molar-refractivity contribution is 6.29. The summed E-state index contributed by atoms with van der Waals surface area (Å²) in [7, 11) is 0. The van der Waals surface area contributed by atoms with Gasteiger partial charge in [-0.2, -0.15) is 0 Å². The first-order valence-electron chi connectivity index (χ1n) is 11.8. The molecule has 1 spiro atoms. The van der Waals surface area contributed by atoms with E-state index < -0.39 is 6.10 Å². The van der Waals surface area contributed by atoms with E-state index in [4.69, 9.17) is 16.3 Å². The maximum absolute atomic E-state index is 12.7. The molecule has 32 heavy (non-hydrogen) atoms. The van der Waals surface area contributed by atoms with Crippen molar-refractivity contribution in [2.45, 2.75) is 76.0 Å². The summed E-state index contributed by atoms with van der Waals surface area (Å²) >= 11 is 6.08. The maximum atomic E-state index is 12.7. The van der Waals surface area contributed by atoms with Gasteiger partial charge in [0.1, 0.15) is 0 Å². The van der Waals surface area contributed by atoms with Crippen LogP contribution in [0.4, 0.5) is 0 Å². The number of allylic oxidation sites excluding steroid dienone is 1. The van der Waals surface area contributed by atoms with Gasteiger partial charge in [0.15, 0.2) is 0 Å². The van der Waals surface area contributed by atoms with E-state index in [0.29, 0.717) is 41.4 Å². The van der Waals surface area contributed by atoms with Crippen LogP contribution in [-0.4, -0.2) is 46.8 Å². The topological polar surface area (TPSA) is 49.8 Å². The van der Waals surface area contributed by atoms with Crippen LogP contribution in [0.5, 0.6) is 0 Å². The lowest BCUT2D eigenvalue weighted by Gasteiger charge is -2.54. The van der Waals surface area contributed by atoms with Crippen molar-refractivity contribution in [2.75, 3.05) is 13.2 Å². The highest BCUT2D eigenvalue weighted by Crippen LogP contribution is 2.51. The number of piperidine rings is 1. The van der Waals surface area contributed by atoms with Crippen molar-refractivity contribution in [2.24, 2.45) is 11.8 Å². The first-order chi connectivity index (χ1) is 15.3. The lowest BCUT2D eigenvalue weighted by molar-refractivity contribution is -0.139. The van der Waals surface area contributed by atoms with Crippen molar-refractivity contribution >= 4 is 17.6 Å². The van der Waals surface area contributed by atoms with Crippen LogP contribution < -0.4 is 0 Å². The Kier molecular flexibility index (Phi) is 10.5. The SMILES string of the molecule is C=CC[C@H]1CCC[C@]2(CCC[C@@H]2[C@@H](C)C=C)N1CC(=C)C(=O)OCC/C(Cl)=C/[C@H](O)C=C. The molecule has 1 heterocycles. The van der Waals surface area contributed by atoms with Crippen molar-refractivity contribution in [3.05, 3.63) is 61.2 Å². The molecule has 5 atom stereocenters. The molecule has 0 bridgehead atoms. The number of hydrogen-bond donors (Lipinski definition) is 1. The third-order valence-electron chi connectivity index (χ3n) is 7.24. The molecule has 178 valence electrons. The molecule has 4 nitrogen and oxygen atoms in total. The second kappa shape index (κ2) is 12.6. The Bertz CT molecular complexity index is 730. The van der Waals surface area contributed by atoms with Crippen LogP contribution in [0.3, 0.4) is 0 Å². The third kappa shape index (κ3) is 6.46. The molecule has 1 N–H and O–H groups in total. The summed E-state index contributed by atoms with van der Waals surface area (Å²) in [6.45, 7) is 18.5. The minimum absolute atomic E-state index is 0.0790. The number of aliphatic hydroxyl groups excluding tert-OH is 1. The lowest BCUT2D eigenvalue weighted by Crippen LogP contribution is -2.60. The molecule has 0 aromatic heterocycles. The van der Waals surface area contributed by atoms with Gasteiger partial charge in [-0.25, -0.2) is 4.79 Å². The maximum Gasteiger partial charge on any atom is 0.334 e. The number of rotatable bonds is 12. The molecule has 1 aliphatic carbocycles. The van der Waals surface area contributed by atoms with Gasteiger partial charge in [0.2, 0.25) is 0 Å². The van der Waals surface area contributed by atoms with Gasteiger partial charge in [0, 0.05) is 35.2 Å². The Balaban J connectivity index is 2.09. The van der Waals surface area contributed by atoms with E-state index in [-0.39, 0.29) is 18.1 Å². The van der Waals surface area contributed by atoms with Gasteiger partial charge in [0.25, 0.3) is 0 Å². The van der Waals surface area contributed by atoms with Gasteiger partial charge >= 0.3 is 5.97 Å². The normalized spacial score (nSPS) is 28.2. The summed E-state index contributed by atoms with van der Waals surface area (Å²) in [5.74, 6) is 0.585. The fourth-order valence-corrected chi connectivity index (χ4v) is 5.85.